The number of carbonyl (C=O) groups excluding carboxylic acids is 2. The maximum atomic E-state index is 13.5. The van der Waals surface area contributed by atoms with Gasteiger partial charge in [0.2, 0.25) is 12.3 Å². The van der Waals surface area contributed by atoms with Crippen LogP contribution in [0.1, 0.15) is 31.9 Å². The van der Waals surface area contributed by atoms with E-state index in [4.69, 9.17) is 16.3 Å². The number of nitrogens with one attached hydrogen (secondary N) is 2. The number of halogens is 4. The van der Waals surface area contributed by atoms with Gasteiger partial charge in [0.05, 0.1) is 29.7 Å². The molecule has 0 radical (unpaired) electrons. The molecule has 15 heteroatoms. The number of pyridine rings is 1. The van der Waals surface area contributed by atoms with Crippen molar-refractivity contribution in [1.29, 1.82) is 0 Å². The summed E-state index contributed by atoms with van der Waals surface area (Å²) in [4.78, 5) is 36.8. The van der Waals surface area contributed by atoms with Crippen molar-refractivity contribution in [2.75, 3.05) is 10.6 Å². The van der Waals surface area contributed by atoms with Crippen molar-refractivity contribution in [2.24, 2.45) is 18.4 Å². The van der Waals surface area contributed by atoms with Crippen molar-refractivity contribution in [2.45, 2.75) is 32.8 Å². The van der Waals surface area contributed by atoms with Crippen LogP contribution in [0.5, 0.6) is 0 Å². The zero-order valence-corrected chi connectivity index (χ0v) is 19.9. The van der Waals surface area contributed by atoms with Gasteiger partial charge in [-0.3, -0.25) is 10.1 Å². The molecule has 0 aliphatic heterocycles. The van der Waals surface area contributed by atoms with Gasteiger partial charge in [0.1, 0.15) is 17.1 Å². The minimum absolute atomic E-state index is 0.0134. The van der Waals surface area contributed by atoms with Gasteiger partial charge in [0.15, 0.2) is 17.3 Å². The second-order valence-corrected chi connectivity index (χ2v) is 8.79. The highest BCUT2D eigenvalue weighted by molar-refractivity contribution is 6.30. The Balaban J connectivity index is 1.43. The largest absolute Gasteiger partial charge is 0.441 e. The van der Waals surface area contributed by atoms with Crippen LogP contribution in [-0.2, 0) is 16.6 Å². The molecule has 3 aromatic rings. The summed E-state index contributed by atoms with van der Waals surface area (Å²) in [6.07, 6.45) is -0.815. The Kier molecular flexibility index (Phi) is 6.80. The summed E-state index contributed by atoms with van der Waals surface area (Å²) < 4.78 is 45.8. The number of aryl methyl sites for hydroxylation is 1. The van der Waals surface area contributed by atoms with Crippen LogP contribution in [0.25, 0.3) is 11.5 Å². The lowest BCUT2D eigenvalue weighted by Crippen LogP contribution is -2.25. The third-order valence-corrected chi connectivity index (χ3v) is 6.16. The lowest BCUT2D eigenvalue weighted by molar-refractivity contribution is -0.121. The number of rotatable bonds is 7. The Bertz CT molecular complexity index is 1310. The topological polar surface area (TPSA) is 137 Å². The highest BCUT2D eigenvalue weighted by Crippen LogP contribution is 2.55. The molecule has 2 amide bonds. The molecule has 36 heavy (non-hydrogen) atoms. The number of amides is 2. The second kappa shape index (κ2) is 9.68. The molecule has 0 unspecified atom stereocenters. The maximum absolute atomic E-state index is 13.5. The molecule has 1 aliphatic rings. The van der Waals surface area contributed by atoms with Crippen molar-refractivity contribution in [3.8, 4) is 11.5 Å². The first-order chi connectivity index (χ1) is 17.0. The Morgan fingerprint density at radius 1 is 1.22 bits per heavy atom. The standard InChI is InChI=1S/C21H20ClF3N8O3/c1-9(12-4-10(23)6-26-15(12)22)36-20(35)30-18-14(31-32-33(18)3)17-27-7-11(8-28-17)29-19(34)21(2)5-13(21)16(24)25/h4,6-9,13,16H,5H2,1-3H3,(H,29,34)(H,30,35)/t9-,13+,21-/m1/s1. The first-order valence-electron chi connectivity index (χ1n) is 10.6. The fourth-order valence-electron chi connectivity index (χ4n) is 3.54. The van der Waals surface area contributed by atoms with Crippen LogP contribution in [0.2, 0.25) is 5.15 Å². The minimum Gasteiger partial charge on any atom is -0.441 e. The Hall–Kier alpha value is -3.81. The van der Waals surface area contributed by atoms with Gasteiger partial charge >= 0.3 is 6.09 Å². The number of hydrogen-bond donors (Lipinski definition) is 2. The molecule has 190 valence electrons. The van der Waals surface area contributed by atoms with E-state index in [2.05, 4.69) is 35.9 Å². The summed E-state index contributed by atoms with van der Waals surface area (Å²) in [5.74, 6) is -2.01. The maximum Gasteiger partial charge on any atom is 0.413 e. The molecule has 0 bridgehead atoms. The number of alkyl halides is 2. The summed E-state index contributed by atoms with van der Waals surface area (Å²) in [6, 6.07) is 1.11. The fraction of sp³-hybridized carbons (Fsp3) is 0.381. The predicted octanol–water partition coefficient (Wildman–Crippen LogP) is 4.00. The summed E-state index contributed by atoms with van der Waals surface area (Å²) in [6.45, 7) is 2.97. The summed E-state index contributed by atoms with van der Waals surface area (Å²) >= 11 is 5.95. The molecule has 1 fully saturated rings. The van der Waals surface area contributed by atoms with Gasteiger partial charge in [-0.05, 0) is 19.4 Å². The van der Waals surface area contributed by atoms with Gasteiger partial charge in [-0.15, -0.1) is 5.10 Å². The van der Waals surface area contributed by atoms with Crippen molar-refractivity contribution in [3.63, 3.8) is 0 Å². The van der Waals surface area contributed by atoms with Gasteiger partial charge < -0.3 is 10.1 Å². The fourth-order valence-corrected chi connectivity index (χ4v) is 3.79. The quantitative estimate of drug-likeness (QED) is 0.442. The van der Waals surface area contributed by atoms with E-state index in [0.717, 1.165) is 12.3 Å². The lowest BCUT2D eigenvalue weighted by atomic mass is 10.1. The van der Waals surface area contributed by atoms with Crippen LogP contribution >= 0.6 is 11.6 Å². The first kappa shape index (κ1) is 25.3. The van der Waals surface area contributed by atoms with E-state index in [-0.39, 0.29) is 40.2 Å². The smallest absolute Gasteiger partial charge is 0.413 e. The molecule has 0 aromatic carbocycles. The highest BCUT2D eigenvalue weighted by Gasteiger charge is 2.60. The molecule has 3 aromatic heterocycles. The van der Waals surface area contributed by atoms with Crippen LogP contribution in [0.4, 0.5) is 29.5 Å². The third kappa shape index (κ3) is 5.08. The first-order valence-corrected chi connectivity index (χ1v) is 11.0. The Labute approximate surface area is 207 Å². The molecular formula is C21H20ClF3N8O3. The predicted molar refractivity (Wildman–Crippen MR) is 121 cm³/mol. The molecule has 11 nitrogen and oxygen atoms in total. The van der Waals surface area contributed by atoms with E-state index in [0.29, 0.717) is 0 Å². The average molecular weight is 525 g/mol. The zero-order chi connectivity index (χ0) is 26.2. The van der Waals surface area contributed by atoms with E-state index in [1.165, 1.54) is 38.0 Å². The summed E-state index contributed by atoms with van der Waals surface area (Å²) in [5, 5.41) is 12.8. The van der Waals surface area contributed by atoms with Crippen LogP contribution < -0.4 is 10.6 Å². The van der Waals surface area contributed by atoms with Gasteiger partial charge in [-0.1, -0.05) is 23.7 Å². The SMILES string of the molecule is C[C@@H](OC(=O)Nc1c(-c2ncc(NC(=O)[C@]3(C)C[C@H]3C(F)F)cn2)nnn1C)c1cc(F)cnc1Cl. The second-order valence-electron chi connectivity index (χ2n) is 8.43. The van der Waals surface area contributed by atoms with Gasteiger partial charge in [-0.25, -0.2) is 37.6 Å². The average Bonchev–Trinajstić information content (AvgIpc) is 3.42. The number of carbonyl (C=O) groups is 2. The molecule has 4 rings (SSSR count). The Morgan fingerprint density at radius 2 is 1.92 bits per heavy atom. The van der Waals surface area contributed by atoms with E-state index in [1.807, 2.05) is 0 Å². The van der Waals surface area contributed by atoms with Crippen molar-refractivity contribution < 1.29 is 27.5 Å². The molecule has 1 aliphatic carbocycles. The molecule has 0 spiro atoms. The molecule has 3 heterocycles. The summed E-state index contributed by atoms with van der Waals surface area (Å²) in [7, 11) is 1.51. The number of hydrogen-bond acceptors (Lipinski definition) is 8. The lowest BCUT2D eigenvalue weighted by Gasteiger charge is -2.15. The van der Waals surface area contributed by atoms with Gasteiger partial charge in [0, 0.05) is 18.5 Å². The van der Waals surface area contributed by atoms with Gasteiger partial charge in [0.25, 0.3) is 0 Å². The normalized spacial score (nSPS) is 19.6. The van der Waals surface area contributed by atoms with E-state index in [9.17, 15) is 22.8 Å². The van der Waals surface area contributed by atoms with E-state index < -0.39 is 41.7 Å². The Morgan fingerprint density at radius 3 is 2.56 bits per heavy atom. The molecule has 0 saturated heterocycles. The monoisotopic (exact) mass is 524 g/mol. The van der Waals surface area contributed by atoms with Crippen molar-refractivity contribution >= 4 is 35.1 Å². The van der Waals surface area contributed by atoms with Gasteiger partial charge in [-0.2, -0.15) is 0 Å². The highest BCUT2D eigenvalue weighted by atomic mass is 35.5. The molecule has 1 saturated carbocycles. The molecule has 3 atom stereocenters. The molecular weight excluding hydrogens is 505 g/mol. The van der Waals surface area contributed by atoms with Crippen LogP contribution in [-0.4, -0.2) is 48.4 Å². The van der Waals surface area contributed by atoms with Crippen molar-refractivity contribution in [3.05, 3.63) is 41.2 Å². The molecule has 2 N–H and O–H groups in total. The van der Waals surface area contributed by atoms with Crippen molar-refractivity contribution in [1.82, 2.24) is 29.9 Å². The van der Waals surface area contributed by atoms with E-state index in [1.54, 1.807) is 0 Å². The minimum atomic E-state index is -2.57. The zero-order valence-electron chi connectivity index (χ0n) is 19.2. The van der Waals surface area contributed by atoms with Crippen LogP contribution in [0.15, 0.2) is 24.7 Å². The number of anilines is 2. The van der Waals surface area contributed by atoms with E-state index >= 15 is 0 Å². The number of ether oxygens (including phenoxy) is 1. The van der Waals surface area contributed by atoms with Crippen LogP contribution in [0.3, 0.4) is 0 Å². The van der Waals surface area contributed by atoms with Crippen LogP contribution in [0, 0.1) is 17.2 Å². The number of aromatic nitrogens is 6. The number of nitrogens with zero attached hydrogens (tertiary/aromatic N) is 6. The summed E-state index contributed by atoms with van der Waals surface area (Å²) in [5.41, 5.74) is -0.663. The third-order valence-electron chi connectivity index (χ3n) is 5.85.